The van der Waals surface area contributed by atoms with E-state index in [4.69, 9.17) is 0 Å². The maximum Gasteiger partial charge on any atom is 0.271 e. The number of nitrogens with zero attached hydrogens (tertiary/aromatic N) is 2. The molecule has 1 atom stereocenters. The molecule has 0 spiro atoms. The van der Waals surface area contributed by atoms with E-state index < -0.39 is 0 Å². The molecule has 0 saturated carbocycles. The van der Waals surface area contributed by atoms with Gasteiger partial charge in [-0.3, -0.25) is 9.78 Å². The van der Waals surface area contributed by atoms with Gasteiger partial charge in [0.2, 0.25) is 0 Å². The molecule has 3 rings (SSSR count). The molecule has 0 fully saturated rings. The summed E-state index contributed by atoms with van der Waals surface area (Å²) < 4.78 is 0. The second-order valence-electron chi connectivity index (χ2n) is 5.21. The summed E-state index contributed by atoms with van der Waals surface area (Å²) in [6.45, 7) is 3.32. The van der Waals surface area contributed by atoms with Gasteiger partial charge in [-0.05, 0) is 31.0 Å². The summed E-state index contributed by atoms with van der Waals surface area (Å²) in [6, 6.07) is 8.51. The Morgan fingerprint density at radius 1 is 1.33 bits per heavy atom. The highest BCUT2D eigenvalue weighted by atomic mass is 16.1. The van der Waals surface area contributed by atoms with Crippen molar-refractivity contribution in [2.75, 3.05) is 13.1 Å². The maximum atomic E-state index is 12.1. The van der Waals surface area contributed by atoms with Crippen LogP contribution in [0.1, 0.15) is 33.4 Å². The van der Waals surface area contributed by atoms with E-state index in [0.717, 1.165) is 18.7 Å². The number of carbonyl (C=O) groups excluding carboxylic acids is 1. The number of hydrogen-bond acceptors (Lipinski definition) is 4. The van der Waals surface area contributed by atoms with Crippen molar-refractivity contribution in [2.45, 2.75) is 19.4 Å². The van der Waals surface area contributed by atoms with Gasteiger partial charge in [-0.15, -0.1) is 0 Å². The molecule has 108 valence electrons. The summed E-state index contributed by atoms with van der Waals surface area (Å²) in [5, 5.41) is 6.37. The van der Waals surface area contributed by atoms with Crippen LogP contribution in [0.2, 0.25) is 0 Å². The average molecular weight is 282 g/mol. The second kappa shape index (κ2) is 6.01. The molecule has 2 heterocycles. The van der Waals surface area contributed by atoms with Crippen LogP contribution in [0, 0.1) is 6.92 Å². The lowest BCUT2D eigenvalue weighted by Crippen LogP contribution is -2.39. The Morgan fingerprint density at radius 2 is 2.19 bits per heavy atom. The van der Waals surface area contributed by atoms with Crippen LogP contribution < -0.4 is 10.6 Å². The first-order valence-electron chi connectivity index (χ1n) is 7.12. The number of aromatic nitrogens is 2. The van der Waals surface area contributed by atoms with Crippen molar-refractivity contribution in [3.05, 3.63) is 59.2 Å². The average Bonchev–Trinajstić information content (AvgIpc) is 2.53. The van der Waals surface area contributed by atoms with Crippen molar-refractivity contribution in [3.8, 4) is 0 Å². The quantitative estimate of drug-likeness (QED) is 0.893. The predicted octanol–water partition coefficient (Wildman–Crippen LogP) is 1.40. The molecule has 1 aliphatic rings. The number of rotatable bonds is 3. The van der Waals surface area contributed by atoms with Crippen LogP contribution in [0.25, 0.3) is 0 Å². The maximum absolute atomic E-state index is 12.1. The van der Waals surface area contributed by atoms with E-state index in [-0.39, 0.29) is 11.9 Å². The van der Waals surface area contributed by atoms with Crippen LogP contribution in [0.3, 0.4) is 0 Å². The number of hydrogen-bond donors (Lipinski definition) is 2. The van der Waals surface area contributed by atoms with Crippen LogP contribution in [-0.2, 0) is 6.42 Å². The standard InChI is InChI=1S/C16H18N4O/c1-11-8-19-15(10-18-11)16(21)20-9-14-13-5-3-2-4-12(13)6-7-17-14/h2-5,8,10,14,17H,6-7,9H2,1H3,(H,20,21). The summed E-state index contributed by atoms with van der Waals surface area (Å²) >= 11 is 0. The molecule has 2 aromatic rings. The number of carbonyl (C=O) groups is 1. The number of aryl methyl sites for hydroxylation is 1. The minimum Gasteiger partial charge on any atom is -0.349 e. The second-order valence-corrected chi connectivity index (χ2v) is 5.21. The van der Waals surface area contributed by atoms with Crippen LogP contribution in [-0.4, -0.2) is 29.0 Å². The summed E-state index contributed by atoms with van der Waals surface area (Å²) in [5.74, 6) is -0.188. The Morgan fingerprint density at radius 3 is 3.00 bits per heavy atom. The normalized spacial score (nSPS) is 17.1. The molecule has 1 amide bonds. The highest BCUT2D eigenvalue weighted by molar-refractivity contribution is 5.91. The molecule has 1 unspecified atom stereocenters. The van der Waals surface area contributed by atoms with E-state index in [9.17, 15) is 4.79 Å². The summed E-state index contributed by atoms with van der Waals surface area (Å²) in [6.07, 6.45) is 4.14. The topological polar surface area (TPSA) is 66.9 Å². The minimum atomic E-state index is -0.188. The zero-order chi connectivity index (χ0) is 14.7. The van der Waals surface area contributed by atoms with Gasteiger partial charge in [0, 0.05) is 18.8 Å². The van der Waals surface area contributed by atoms with Gasteiger partial charge in [0.1, 0.15) is 5.69 Å². The van der Waals surface area contributed by atoms with Crippen LogP contribution in [0.5, 0.6) is 0 Å². The third kappa shape index (κ3) is 3.08. The minimum absolute atomic E-state index is 0.150. The van der Waals surface area contributed by atoms with Gasteiger partial charge >= 0.3 is 0 Å². The Hall–Kier alpha value is -2.27. The predicted molar refractivity (Wildman–Crippen MR) is 80.0 cm³/mol. The zero-order valence-corrected chi connectivity index (χ0v) is 12.0. The molecule has 5 heteroatoms. The lowest BCUT2D eigenvalue weighted by Gasteiger charge is -2.27. The largest absolute Gasteiger partial charge is 0.349 e. The van der Waals surface area contributed by atoms with Gasteiger partial charge in [0.15, 0.2) is 0 Å². The lowest BCUT2D eigenvalue weighted by atomic mass is 9.94. The molecule has 0 aliphatic carbocycles. The van der Waals surface area contributed by atoms with Gasteiger partial charge in [-0.2, -0.15) is 0 Å². The first kappa shape index (κ1) is 13.7. The smallest absolute Gasteiger partial charge is 0.271 e. The molecule has 0 saturated heterocycles. The third-order valence-electron chi connectivity index (χ3n) is 3.70. The molecule has 0 radical (unpaired) electrons. The molecular weight excluding hydrogens is 264 g/mol. The molecule has 5 nitrogen and oxygen atoms in total. The number of amides is 1. The molecule has 0 bridgehead atoms. The zero-order valence-electron chi connectivity index (χ0n) is 12.0. The van der Waals surface area contributed by atoms with Crippen LogP contribution in [0.15, 0.2) is 36.7 Å². The Balaban J connectivity index is 1.66. The summed E-state index contributed by atoms with van der Waals surface area (Å²) in [4.78, 5) is 20.3. The van der Waals surface area contributed by atoms with E-state index in [1.807, 2.05) is 13.0 Å². The number of benzene rings is 1. The van der Waals surface area contributed by atoms with Crippen molar-refractivity contribution in [1.29, 1.82) is 0 Å². The highest BCUT2D eigenvalue weighted by Gasteiger charge is 2.20. The lowest BCUT2D eigenvalue weighted by molar-refractivity contribution is 0.0943. The number of nitrogens with one attached hydrogen (secondary N) is 2. The third-order valence-corrected chi connectivity index (χ3v) is 3.70. The Labute approximate surface area is 123 Å². The van der Waals surface area contributed by atoms with Gasteiger partial charge in [-0.1, -0.05) is 24.3 Å². The Kier molecular flexibility index (Phi) is 3.92. The number of fused-ring (bicyclic) bond motifs is 1. The summed E-state index contributed by atoms with van der Waals surface area (Å²) in [7, 11) is 0. The van der Waals surface area contributed by atoms with Gasteiger partial charge in [0.05, 0.1) is 11.9 Å². The van der Waals surface area contributed by atoms with E-state index in [0.29, 0.717) is 12.2 Å². The van der Waals surface area contributed by atoms with Crippen molar-refractivity contribution >= 4 is 5.91 Å². The Bertz CT molecular complexity index is 639. The first-order chi connectivity index (χ1) is 10.2. The summed E-state index contributed by atoms with van der Waals surface area (Å²) in [5.41, 5.74) is 3.77. The van der Waals surface area contributed by atoms with Crippen molar-refractivity contribution in [1.82, 2.24) is 20.6 Å². The molecule has 1 aliphatic heterocycles. The van der Waals surface area contributed by atoms with Gasteiger partial charge < -0.3 is 10.6 Å². The van der Waals surface area contributed by atoms with Crippen LogP contribution >= 0.6 is 0 Å². The van der Waals surface area contributed by atoms with Crippen LogP contribution in [0.4, 0.5) is 0 Å². The molecule has 2 N–H and O–H groups in total. The highest BCUT2D eigenvalue weighted by Crippen LogP contribution is 2.21. The van der Waals surface area contributed by atoms with E-state index in [1.165, 1.54) is 17.3 Å². The van der Waals surface area contributed by atoms with Crippen molar-refractivity contribution in [3.63, 3.8) is 0 Å². The fourth-order valence-corrected chi connectivity index (χ4v) is 2.57. The molecule has 1 aromatic carbocycles. The van der Waals surface area contributed by atoms with E-state index in [1.54, 1.807) is 6.20 Å². The van der Waals surface area contributed by atoms with E-state index in [2.05, 4.69) is 38.8 Å². The first-order valence-corrected chi connectivity index (χ1v) is 7.12. The fourth-order valence-electron chi connectivity index (χ4n) is 2.57. The fraction of sp³-hybridized carbons (Fsp3) is 0.312. The van der Waals surface area contributed by atoms with Crippen molar-refractivity contribution < 1.29 is 4.79 Å². The van der Waals surface area contributed by atoms with Crippen molar-refractivity contribution in [2.24, 2.45) is 0 Å². The molecule has 1 aromatic heterocycles. The van der Waals surface area contributed by atoms with E-state index >= 15 is 0 Å². The SMILES string of the molecule is Cc1cnc(C(=O)NCC2NCCc3ccccc32)cn1. The molecule has 21 heavy (non-hydrogen) atoms. The van der Waals surface area contributed by atoms with Gasteiger partial charge in [0.25, 0.3) is 5.91 Å². The monoisotopic (exact) mass is 282 g/mol. The molecular formula is C16H18N4O. The van der Waals surface area contributed by atoms with Gasteiger partial charge in [-0.25, -0.2) is 4.98 Å².